The Bertz CT molecular complexity index is 737. The number of rotatable bonds is 6. The third-order valence-electron chi connectivity index (χ3n) is 2.31. The quantitative estimate of drug-likeness (QED) is 0.849. The number of thiophene rings is 1. The van der Waals surface area contributed by atoms with E-state index in [1.807, 2.05) is 6.92 Å². The molecule has 0 aromatic carbocycles. The molecule has 2 aromatic heterocycles. The van der Waals surface area contributed by atoms with Crippen LogP contribution >= 0.6 is 22.7 Å². The minimum absolute atomic E-state index is 0.0167. The zero-order valence-corrected chi connectivity index (χ0v) is 14.3. The maximum atomic E-state index is 11.7. The smallest absolute Gasteiger partial charge is 0.419 e. The molecule has 7 nitrogen and oxygen atoms in total. The van der Waals surface area contributed by atoms with Gasteiger partial charge in [-0.3, -0.25) is 5.32 Å². The minimum Gasteiger partial charge on any atom is -0.483 e. The molecular formula is C12H14N2O5S3. The topological polar surface area (TPSA) is 94.6 Å². The molecule has 120 valence electrons. The monoisotopic (exact) mass is 362 g/mol. The van der Waals surface area contributed by atoms with E-state index < -0.39 is 15.9 Å². The molecule has 0 atom stereocenters. The van der Waals surface area contributed by atoms with Gasteiger partial charge in [0.1, 0.15) is 4.90 Å². The maximum absolute atomic E-state index is 11.7. The maximum Gasteiger partial charge on any atom is 0.419 e. The van der Waals surface area contributed by atoms with Crippen LogP contribution in [0, 0.1) is 0 Å². The standard InChI is InChI=1S/C12H14N2O5S3/c1-3-5-18-10-8(22(2,16)17)7-9(21-10)19-12(15)14-11-13-4-6-20-11/h4,6-7H,3,5H2,1-2H3,(H,13,14,15). The molecule has 0 spiro atoms. The second-order valence-electron chi connectivity index (χ2n) is 4.19. The van der Waals surface area contributed by atoms with Crippen molar-refractivity contribution in [3.63, 3.8) is 0 Å². The number of carbonyl (C=O) groups excluding carboxylic acids is 1. The first-order chi connectivity index (χ1) is 10.4. The van der Waals surface area contributed by atoms with Crippen LogP contribution in [0.4, 0.5) is 9.93 Å². The summed E-state index contributed by atoms with van der Waals surface area (Å²) in [6.45, 7) is 2.29. The average Bonchev–Trinajstić information content (AvgIpc) is 3.05. The summed E-state index contributed by atoms with van der Waals surface area (Å²) in [5.74, 6) is 0. The van der Waals surface area contributed by atoms with Gasteiger partial charge in [-0.25, -0.2) is 18.2 Å². The lowest BCUT2D eigenvalue weighted by atomic mass is 10.5. The molecule has 2 heterocycles. The van der Waals surface area contributed by atoms with E-state index >= 15 is 0 Å². The van der Waals surface area contributed by atoms with Gasteiger partial charge in [0.05, 0.1) is 6.61 Å². The summed E-state index contributed by atoms with van der Waals surface area (Å²) in [7, 11) is -3.47. The molecule has 0 saturated heterocycles. The second kappa shape index (κ2) is 7.07. The number of amides is 1. The third kappa shape index (κ3) is 4.42. The van der Waals surface area contributed by atoms with Crippen LogP contribution in [0.15, 0.2) is 22.5 Å². The highest BCUT2D eigenvalue weighted by Crippen LogP contribution is 2.39. The highest BCUT2D eigenvalue weighted by Gasteiger charge is 2.21. The summed E-state index contributed by atoms with van der Waals surface area (Å²) in [5, 5.41) is 4.91. The zero-order chi connectivity index (χ0) is 16.2. The van der Waals surface area contributed by atoms with Gasteiger partial charge in [-0.2, -0.15) is 0 Å². The van der Waals surface area contributed by atoms with E-state index in [4.69, 9.17) is 9.47 Å². The molecule has 0 fully saturated rings. The Morgan fingerprint density at radius 2 is 2.23 bits per heavy atom. The van der Waals surface area contributed by atoms with E-state index in [9.17, 15) is 13.2 Å². The first kappa shape index (κ1) is 16.7. The van der Waals surface area contributed by atoms with Crippen LogP contribution in [0.5, 0.6) is 10.1 Å². The summed E-state index contributed by atoms with van der Waals surface area (Å²) in [5.41, 5.74) is 0. The van der Waals surface area contributed by atoms with Crippen LogP contribution in [0.2, 0.25) is 0 Å². The van der Waals surface area contributed by atoms with Crippen LogP contribution in [-0.2, 0) is 9.84 Å². The number of hydrogen-bond donors (Lipinski definition) is 1. The predicted octanol–water partition coefficient (Wildman–Crippen LogP) is 3.01. The molecule has 0 aliphatic heterocycles. The largest absolute Gasteiger partial charge is 0.483 e. The Labute approximate surface area is 135 Å². The molecule has 0 radical (unpaired) electrons. The first-order valence-corrected chi connectivity index (χ1v) is 9.84. The van der Waals surface area contributed by atoms with Crippen molar-refractivity contribution >= 4 is 43.7 Å². The van der Waals surface area contributed by atoms with Gasteiger partial charge in [0.25, 0.3) is 0 Å². The van der Waals surface area contributed by atoms with Crippen molar-refractivity contribution in [3.05, 3.63) is 17.6 Å². The lowest BCUT2D eigenvalue weighted by Crippen LogP contribution is -2.15. The average molecular weight is 362 g/mol. The number of sulfone groups is 1. The second-order valence-corrected chi connectivity index (χ2v) is 8.05. The first-order valence-electron chi connectivity index (χ1n) is 6.25. The van der Waals surface area contributed by atoms with Crippen molar-refractivity contribution in [2.75, 3.05) is 18.2 Å². The third-order valence-corrected chi connectivity index (χ3v) is 5.16. The van der Waals surface area contributed by atoms with Gasteiger partial charge in [-0.15, -0.1) is 11.3 Å². The lowest BCUT2D eigenvalue weighted by molar-refractivity contribution is 0.216. The SMILES string of the molecule is CCCOc1sc(OC(=O)Nc2nccs2)cc1S(C)(=O)=O. The van der Waals surface area contributed by atoms with Crippen LogP contribution in [0.25, 0.3) is 0 Å². The number of carbonyl (C=O) groups is 1. The fourth-order valence-corrected chi connectivity index (χ4v) is 4.06. The molecule has 0 unspecified atom stereocenters. The summed E-state index contributed by atoms with van der Waals surface area (Å²) in [6, 6.07) is 1.28. The van der Waals surface area contributed by atoms with E-state index in [0.717, 1.165) is 24.0 Å². The van der Waals surface area contributed by atoms with Crippen molar-refractivity contribution < 1.29 is 22.7 Å². The Hall–Kier alpha value is -1.65. The highest BCUT2D eigenvalue weighted by molar-refractivity contribution is 7.91. The van der Waals surface area contributed by atoms with E-state index in [0.29, 0.717) is 11.7 Å². The van der Waals surface area contributed by atoms with Crippen molar-refractivity contribution in [1.29, 1.82) is 0 Å². The normalized spacial score (nSPS) is 11.2. The molecule has 0 bridgehead atoms. The molecule has 1 N–H and O–H groups in total. The van der Waals surface area contributed by atoms with E-state index in [1.54, 1.807) is 11.6 Å². The summed E-state index contributed by atoms with van der Waals surface area (Å²) in [4.78, 5) is 15.6. The van der Waals surface area contributed by atoms with Crippen molar-refractivity contribution in [2.45, 2.75) is 18.2 Å². The number of hydrogen-bond acceptors (Lipinski definition) is 8. The number of ether oxygens (including phenoxy) is 2. The molecule has 2 aromatic rings. The fraction of sp³-hybridized carbons (Fsp3) is 0.333. The molecule has 0 saturated carbocycles. The van der Waals surface area contributed by atoms with E-state index in [2.05, 4.69) is 10.3 Å². The minimum atomic E-state index is -3.47. The van der Waals surface area contributed by atoms with Crippen molar-refractivity contribution in [3.8, 4) is 10.1 Å². The molecule has 0 aliphatic rings. The Morgan fingerprint density at radius 1 is 1.45 bits per heavy atom. The summed E-state index contributed by atoms with van der Waals surface area (Å²) >= 11 is 2.21. The van der Waals surface area contributed by atoms with Gasteiger partial charge >= 0.3 is 6.09 Å². The van der Waals surface area contributed by atoms with Crippen LogP contribution in [0.3, 0.4) is 0 Å². The van der Waals surface area contributed by atoms with Gasteiger partial charge < -0.3 is 9.47 Å². The molecule has 1 amide bonds. The van der Waals surface area contributed by atoms with E-state index in [-0.39, 0.29) is 15.0 Å². The van der Waals surface area contributed by atoms with Crippen LogP contribution in [-0.4, -0.2) is 32.4 Å². The number of anilines is 1. The Kier molecular flexibility index (Phi) is 5.37. The van der Waals surface area contributed by atoms with E-state index in [1.165, 1.54) is 17.4 Å². The Morgan fingerprint density at radius 3 is 2.82 bits per heavy atom. The van der Waals surface area contributed by atoms with Gasteiger partial charge in [-0.1, -0.05) is 18.3 Å². The molecule has 2 rings (SSSR count). The van der Waals surface area contributed by atoms with Crippen LogP contribution < -0.4 is 14.8 Å². The summed E-state index contributed by atoms with van der Waals surface area (Å²) < 4.78 is 33.9. The Balaban J connectivity index is 2.13. The lowest BCUT2D eigenvalue weighted by Gasteiger charge is -2.03. The van der Waals surface area contributed by atoms with Crippen molar-refractivity contribution in [2.24, 2.45) is 0 Å². The molecular weight excluding hydrogens is 348 g/mol. The molecule has 10 heteroatoms. The highest BCUT2D eigenvalue weighted by atomic mass is 32.2. The summed E-state index contributed by atoms with van der Waals surface area (Å²) in [6.07, 6.45) is 2.62. The van der Waals surface area contributed by atoms with Gasteiger partial charge in [0.15, 0.2) is 25.1 Å². The number of aromatic nitrogens is 1. The zero-order valence-electron chi connectivity index (χ0n) is 11.9. The number of nitrogens with one attached hydrogen (secondary N) is 1. The van der Waals surface area contributed by atoms with Crippen molar-refractivity contribution in [1.82, 2.24) is 4.98 Å². The van der Waals surface area contributed by atoms with Gasteiger partial charge in [0, 0.05) is 23.9 Å². The number of thiazole rings is 1. The molecule has 0 aliphatic carbocycles. The van der Waals surface area contributed by atoms with Crippen LogP contribution in [0.1, 0.15) is 13.3 Å². The van der Waals surface area contributed by atoms with Gasteiger partial charge in [0.2, 0.25) is 0 Å². The number of nitrogens with zero attached hydrogens (tertiary/aromatic N) is 1. The fourth-order valence-electron chi connectivity index (χ4n) is 1.43. The predicted molar refractivity (Wildman–Crippen MR) is 85.0 cm³/mol. The van der Waals surface area contributed by atoms with Gasteiger partial charge in [-0.05, 0) is 6.42 Å². The molecule has 22 heavy (non-hydrogen) atoms.